The van der Waals surface area contributed by atoms with Gasteiger partial charge in [-0.15, -0.1) is 0 Å². The third kappa shape index (κ3) is 5.16. The van der Waals surface area contributed by atoms with E-state index in [0.29, 0.717) is 30.8 Å². The summed E-state index contributed by atoms with van der Waals surface area (Å²) in [5, 5.41) is 0.772. The molecule has 3 fully saturated rings. The largest absolute Gasteiger partial charge is 0.459 e. The number of benzene rings is 1. The maximum absolute atomic E-state index is 15.5. The molecule has 1 aromatic carbocycles. The van der Waals surface area contributed by atoms with Gasteiger partial charge in [0.15, 0.2) is 5.82 Å². The van der Waals surface area contributed by atoms with Crippen LogP contribution in [0.2, 0.25) is 5.02 Å². The topological polar surface area (TPSA) is 71.0 Å². The van der Waals surface area contributed by atoms with Crippen LogP contribution in [0, 0.1) is 5.82 Å². The minimum absolute atomic E-state index is 0.144. The molecular weight excluding hydrogens is 577 g/mol. The van der Waals surface area contributed by atoms with Crippen LogP contribution in [0.1, 0.15) is 59.8 Å². The smallest absolute Gasteiger partial charge is 0.410 e. The number of hydrogen-bond acceptors (Lipinski definition) is 7. The lowest BCUT2D eigenvalue weighted by Gasteiger charge is -2.56. The first-order chi connectivity index (χ1) is 17.9. The van der Waals surface area contributed by atoms with Gasteiger partial charge in [-0.05, 0) is 95.4 Å². The molecule has 8 nitrogen and oxygen atoms in total. The predicted octanol–water partition coefficient (Wildman–Crippen LogP) is 6.03. The van der Waals surface area contributed by atoms with Crippen LogP contribution in [0.5, 0.6) is 6.01 Å². The second-order valence-corrected chi connectivity index (χ2v) is 13.1. The second kappa shape index (κ2) is 10.2. The monoisotopic (exact) mass is 611 g/mol. The number of amides is 1. The van der Waals surface area contributed by atoms with Gasteiger partial charge >= 0.3 is 12.1 Å². The van der Waals surface area contributed by atoms with Gasteiger partial charge in [-0.1, -0.05) is 11.6 Å². The van der Waals surface area contributed by atoms with E-state index in [0.717, 1.165) is 38.6 Å². The van der Waals surface area contributed by atoms with Crippen molar-refractivity contribution in [2.24, 2.45) is 0 Å². The Hall–Kier alpha value is -1.91. The van der Waals surface area contributed by atoms with Crippen LogP contribution >= 0.6 is 27.5 Å². The molecule has 2 aromatic rings. The third-order valence-corrected chi connectivity index (χ3v) is 9.34. The highest BCUT2D eigenvalue weighted by Crippen LogP contribution is 2.43. The Balaban J connectivity index is 1.50. The number of aromatic nitrogens is 2. The number of hydrogen-bond donors (Lipinski definition) is 0. The van der Waals surface area contributed by atoms with Crippen molar-refractivity contribution in [3.05, 3.63) is 21.4 Å². The molecule has 1 aromatic heterocycles. The number of carbonyl (C=O) groups is 1. The molecule has 3 aliphatic heterocycles. The van der Waals surface area contributed by atoms with E-state index in [9.17, 15) is 4.79 Å². The van der Waals surface area contributed by atoms with E-state index < -0.39 is 11.4 Å². The number of likely N-dealkylation sites (tertiary alicyclic amines) is 2. The van der Waals surface area contributed by atoms with Crippen LogP contribution in [0.25, 0.3) is 10.9 Å². The molecule has 1 amide bonds. The molecule has 0 radical (unpaired) electrons. The number of piperidine rings is 1. The second-order valence-electron chi connectivity index (χ2n) is 11.9. The number of carbonyl (C=O) groups excluding carboxylic acids is 1. The Morgan fingerprint density at radius 1 is 1.24 bits per heavy atom. The highest BCUT2D eigenvalue weighted by molar-refractivity contribution is 9.10. The van der Waals surface area contributed by atoms with Crippen molar-refractivity contribution in [2.45, 2.75) is 83.1 Å². The van der Waals surface area contributed by atoms with E-state index in [1.54, 1.807) is 6.07 Å². The summed E-state index contributed by atoms with van der Waals surface area (Å²) in [6, 6.07) is 2.09. The normalized spacial score (nSPS) is 25.1. The van der Waals surface area contributed by atoms with Crippen LogP contribution in [0.4, 0.5) is 15.0 Å². The van der Waals surface area contributed by atoms with E-state index in [4.69, 9.17) is 26.1 Å². The third-order valence-electron chi connectivity index (χ3n) is 8.04. The van der Waals surface area contributed by atoms with Crippen molar-refractivity contribution in [3.8, 4) is 6.01 Å². The molecule has 3 aliphatic rings. The van der Waals surface area contributed by atoms with Crippen LogP contribution in [-0.4, -0.2) is 82.4 Å². The molecule has 3 atom stereocenters. The quantitative estimate of drug-likeness (QED) is 0.391. The van der Waals surface area contributed by atoms with Gasteiger partial charge < -0.3 is 19.3 Å². The van der Waals surface area contributed by atoms with Gasteiger partial charge in [0, 0.05) is 31.1 Å². The zero-order valence-electron chi connectivity index (χ0n) is 22.7. The lowest BCUT2D eigenvalue weighted by molar-refractivity contribution is -0.0496. The van der Waals surface area contributed by atoms with Crippen LogP contribution in [0.3, 0.4) is 0 Å². The Kier molecular flexibility index (Phi) is 7.45. The molecule has 4 heterocycles. The van der Waals surface area contributed by atoms with Gasteiger partial charge in [0.1, 0.15) is 23.0 Å². The molecule has 0 N–H and O–H groups in total. The van der Waals surface area contributed by atoms with Gasteiger partial charge in [-0.3, -0.25) is 4.90 Å². The molecular formula is C27H36BrClFN5O3. The van der Waals surface area contributed by atoms with E-state index in [1.165, 1.54) is 0 Å². The molecule has 208 valence electrons. The van der Waals surface area contributed by atoms with Crippen molar-refractivity contribution in [1.29, 1.82) is 0 Å². The summed E-state index contributed by atoms with van der Waals surface area (Å²) in [5.74, 6) is 0.0257. The standard InChI is InChI=1S/C27H36BrClFN5O3/c1-16(19-8-6-11-33(19)5)37-24-31-22-17(14-18(29)20(28)21(22)30)23(32-24)34-12-7-9-27(15-34)10-13-35(27)25(36)38-26(2,3)4/h14,16,19H,6-13,15H2,1-5H3/t16?,19-,27?/m0/s1. The lowest BCUT2D eigenvalue weighted by atomic mass is 9.78. The summed E-state index contributed by atoms with van der Waals surface area (Å²) in [4.78, 5) is 28.5. The van der Waals surface area contributed by atoms with E-state index in [1.807, 2.05) is 32.6 Å². The lowest BCUT2D eigenvalue weighted by Crippen LogP contribution is -2.69. The van der Waals surface area contributed by atoms with E-state index in [2.05, 4.69) is 37.8 Å². The first kappa shape index (κ1) is 27.6. The number of halogens is 3. The summed E-state index contributed by atoms with van der Waals surface area (Å²) >= 11 is 9.64. The number of likely N-dealkylation sites (N-methyl/N-ethyl adjacent to an activating group) is 1. The fourth-order valence-electron chi connectivity index (χ4n) is 6.06. The zero-order valence-corrected chi connectivity index (χ0v) is 25.0. The van der Waals surface area contributed by atoms with E-state index >= 15 is 4.39 Å². The minimum atomic E-state index is -0.566. The zero-order chi connectivity index (χ0) is 27.4. The first-order valence-electron chi connectivity index (χ1n) is 13.4. The van der Waals surface area contributed by atoms with Gasteiger partial charge in [0.2, 0.25) is 0 Å². The van der Waals surface area contributed by atoms with Crippen molar-refractivity contribution in [1.82, 2.24) is 19.8 Å². The number of ether oxygens (including phenoxy) is 2. The SMILES string of the molecule is CC(Oc1nc(N2CCCC3(CCN3C(=O)OC(C)(C)C)C2)c2cc(Cl)c(Br)c(F)c2n1)[C@@H]1CCCN1C. The number of nitrogens with zero attached hydrogens (tertiary/aromatic N) is 5. The maximum Gasteiger partial charge on any atom is 0.410 e. The van der Waals surface area contributed by atoms with Gasteiger partial charge in [-0.25, -0.2) is 9.18 Å². The summed E-state index contributed by atoms with van der Waals surface area (Å²) in [6.45, 7) is 10.6. The molecule has 0 saturated carbocycles. The van der Waals surface area contributed by atoms with Gasteiger partial charge in [-0.2, -0.15) is 9.97 Å². The van der Waals surface area contributed by atoms with Gasteiger partial charge in [0.05, 0.1) is 15.0 Å². The number of rotatable bonds is 4. The minimum Gasteiger partial charge on any atom is -0.459 e. The van der Waals surface area contributed by atoms with Crippen molar-refractivity contribution in [2.75, 3.05) is 38.1 Å². The highest BCUT2D eigenvalue weighted by atomic mass is 79.9. The Labute approximate surface area is 236 Å². The summed E-state index contributed by atoms with van der Waals surface area (Å²) < 4.78 is 27.6. The molecule has 11 heteroatoms. The summed E-state index contributed by atoms with van der Waals surface area (Å²) in [6.07, 6.45) is 4.30. The summed E-state index contributed by atoms with van der Waals surface area (Å²) in [7, 11) is 2.09. The molecule has 3 saturated heterocycles. The van der Waals surface area contributed by atoms with Gasteiger partial charge in [0.25, 0.3) is 0 Å². The van der Waals surface area contributed by atoms with Crippen molar-refractivity contribution >= 4 is 50.3 Å². The Morgan fingerprint density at radius 3 is 2.63 bits per heavy atom. The molecule has 5 rings (SSSR count). The number of fused-ring (bicyclic) bond motifs is 1. The van der Waals surface area contributed by atoms with Crippen LogP contribution < -0.4 is 9.64 Å². The number of anilines is 1. The molecule has 38 heavy (non-hydrogen) atoms. The molecule has 2 unspecified atom stereocenters. The Morgan fingerprint density at radius 2 is 2.00 bits per heavy atom. The highest BCUT2D eigenvalue weighted by Gasteiger charge is 2.51. The maximum atomic E-state index is 15.5. The van der Waals surface area contributed by atoms with Crippen LogP contribution in [-0.2, 0) is 4.74 Å². The molecule has 0 bridgehead atoms. The first-order valence-corrected chi connectivity index (χ1v) is 14.5. The average Bonchev–Trinajstić information content (AvgIpc) is 3.27. The Bertz CT molecular complexity index is 1240. The molecule has 0 aliphatic carbocycles. The average molecular weight is 613 g/mol. The van der Waals surface area contributed by atoms with Crippen molar-refractivity contribution < 1.29 is 18.7 Å². The summed E-state index contributed by atoms with van der Waals surface area (Å²) in [5.41, 5.74) is -0.759. The predicted molar refractivity (Wildman–Crippen MR) is 150 cm³/mol. The van der Waals surface area contributed by atoms with Crippen LogP contribution in [0.15, 0.2) is 10.5 Å². The van der Waals surface area contributed by atoms with E-state index in [-0.39, 0.29) is 44.8 Å². The fourth-order valence-corrected chi connectivity index (χ4v) is 6.56. The molecule has 1 spiro atoms. The fraction of sp³-hybridized carbons (Fsp3) is 0.667. The van der Waals surface area contributed by atoms with Crippen molar-refractivity contribution in [3.63, 3.8) is 0 Å².